The van der Waals surface area contributed by atoms with Crippen molar-refractivity contribution in [2.45, 2.75) is 19.0 Å². The van der Waals surface area contributed by atoms with Gasteiger partial charge in [0.25, 0.3) is 5.91 Å². The predicted octanol–water partition coefficient (Wildman–Crippen LogP) is 0.0948. The van der Waals surface area contributed by atoms with E-state index in [-0.39, 0.29) is 17.8 Å². The normalized spacial score (nSPS) is 20.9. The molecule has 2 N–H and O–H groups in total. The highest BCUT2D eigenvalue weighted by Crippen LogP contribution is 2.20. The van der Waals surface area contributed by atoms with E-state index in [0.29, 0.717) is 0 Å². The minimum absolute atomic E-state index is 0.166. The van der Waals surface area contributed by atoms with Crippen LogP contribution < -0.4 is 5.32 Å². The lowest BCUT2D eigenvalue weighted by molar-refractivity contribution is -0.527. The first-order valence-electron chi connectivity index (χ1n) is 8.12. The molecule has 26 heavy (non-hydrogen) atoms. The van der Waals surface area contributed by atoms with Gasteiger partial charge in [-0.3, -0.25) is 19.9 Å². The fourth-order valence-corrected chi connectivity index (χ4v) is 3.04. The van der Waals surface area contributed by atoms with Crippen LogP contribution >= 0.6 is 0 Å². The highest BCUT2D eigenvalue weighted by atomic mass is 16.4. The summed E-state index contributed by atoms with van der Waals surface area (Å²) in [5, 5.41) is 12.4. The van der Waals surface area contributed by atoms with E-state index in [0.717, 1.165) is 10.5 Å². The Hall–Kier alpha value is -3.23. The van der Waals surface area contributed by atoms with E-state index in [4.69, 9.17) is 0 Å². The number of likely N-dealkylation sites (N-methyl/N-ethyl adjacent to an activating group) is 2. The molecule has 3 amide bonds. The van der Waals surface area contributed by atoms with Crippen molar-refractivity contribution in [2.75, 3.05) is 20.6 Å². The minimum atomic E-state index is -1.09. The molecule has 2 aliphatic rings. The van der Waals surface area contributed by atoms with Gasteiger partial charge in [0, 0.05) is 14.1 Å². The van der Waals surface area contributed by atoms with Crippen molar-refractivity contribution in [3.8, 4) is 0 Å². The van der Waals surface area contributed by atoms with Crippen LogP contribution in [0.15, 0.2) is 35.3 Å². The molecular formula is C17H20N5O4+. The first kappa shape index (κ1) is 17.6. The number of imide groups is 1. The maximum atomic E-state index is 12.6. The average molecular weight is 358 g/mol. The summed E-state index contributed by atoms with van der Waals surface area (Å²) in [7, 11) is 2.88. The molecule has 9 nitrogen and oxygen atoms in total. The number of hydrogen-bond acceptors (Lipinski definition) is 5. The molecule has 0 aromatic heterocycles. The third-order valence-corrected chi connectivity index (χ3v) is 4.48. The molecule has 2 aliphatic heterocycles. The Labute approximate surface area is 150 Å². The average Bonchev–Trinajstić information content (AvgIpc) is 2.96. The predicted molar refractivity (Wildman–Crippen MR) is 92.9 cm³/mol. The van der Waals surface area contributed by atoms with Crippen LogP contribution in [0.3, 0.4) is 0 Å². The number of aliphatic carboxylic acids is 1. The number of aliphatic imine (C=N–C) groups is 1. The number of carboxylic acids is 1. The molecule has 1 aromatic rings. The first-order chi connectivity index (χ1) is 12.3. The number of carboxylic acid groups (broad SMARTS) is 1. The molecule has 0 bridgehead atoms. The molecule has 1 saturated heterocycles. The van der Waals surface area contributed by atoms with Gasteiger partial charge >= 0.3 is 18.0 Å². The highest BCUT2D eigenvalue weighted by molar-refractivity contribution is 6.22. The van der Waals surface area contributed by atoms with Gasteiger partial charge in [0.2, 0.25) is 11.9 Å². The summed E-state index contributed by atoms with van der Waals surface area (Å²) in [4.78, 5) is 42.7. The van der Waals surface area contributed by atoms with Crippen molar-refractivity contribution >= 4 is 29.7 Å². The lowest BCUT2D eigenvalue weighted by Gasteiger charge is -2.31. The van der Waals surface area contributed by atoms with Gasteiger partial charge in [0.1, 0.15) is 0 Å². The maximum absolute atomic E-state index is 12.6. The van der Waals surface area contributed by atoms with Crippen LogP contribution in [0.2, 0.25) is 0 Å². The highest BCUT2D eigenvalue weighted by Gasteiger charge is 2.52. The molecular weight excluding hydrogens is 338 g/mol. The van der Waals surface area contributed by atoms with Crippen molar-refractivity contribution in [2.24, 2.45) is 4.99 Å². The van der Waals surface area contributed by atoms with Gasteiger partial charge in [-0.15, -0.1) is 0 Å². The van der Waals surface area contributed by atoms with Crippen LogP contribution in [-0.2, 0) is 9.59 Å². The van der Waals surface area contributed by atoms with Crippen molar-refractivity contribution in [1.82, 2.24) is 15.1 Å². The smallest absolute Gasteiger partial charge is 0.391 e. The van der Waals surface area contributed by atoms with Crippen molar-refractivity contribution in [3.05, 3.63) is 35.9 Å². The Bertz CT molecular complexity index is 833. The van der Waals surface area contributed by atoms with Crippen LogP contribution in [0.4, 0.5) is 4.79 Å². The maximum Gasteiger partial charge on any atom is 0.391 e. The standard InChI is InChI=1S/C17H19N5O4/c1-10(11-7-5-4-6-8-11)18-16-19-14-13(22(16)9-12(23)24)15(25)21(3)17(26)20(14)2/h4-8,10,13H,9H2,1-3H3,(H,23,24)/p+1. The summed E-state index contributed by atoms with van der Waals surface area (Å²) >= 11 is 0. The van der Waals surface area contributed by atoms with E-state index in [9.17, 15) is 19.5 Å². The molecule has 1 aromatic carbocycles. The molecule has 9 heteroatoms. The first-order valence-corrected chi connectivity index (χ1v) is 8.12. The molecule has 0 spiro atoms. The number of carbonyl (C=O) groups is 3. The number of nitrogens with zero attached hydrogens (tertiary/aromatic N) is 4. The Kier molecular flexibility index (Phi) is 4.45. The van der Waals surface area contributed by atoms with Crippen molar-refractivity contribution in [1.29, 1.82) is 0 Å². The molecule has 2 atom stereocenters. The molecule has 0 saturated carbocycles. The van der Waals surface area contributed by atoms with Gasteiger partial charge in [-0.2, -0.15) is 0 Å². The van der Waals surface area contributed by atoms with Crippen LogP contribution in [-0.4, -0.2) is 75.9 Å². The summed E-state index contributed by atoms with van der Waals surface area (Å²) in [6.45, 7) is 1.50. The molecule has 1 fully saturated rings. The number of guanidine groups is 1. The summed E-state index contributed by atoms with van der Waals surface area (Å²) in [5.74, 6) is -1.12. The molecule has 2 unspecified atom stereocenters. The number of benzene rings is 1. The summed E-state index contributed by atoms with van der Waals surface area (Å²) in [5.41, 5.74) is 0.984. The molecule has 136 valence electrons. The van der Waals surface area contributed by atoms with Crippen LogP contribution in [0.1, 0.15) is 18.5 Å². The lowest BCUT2D eigenvalue weighted by Crippen LogP contribution is -2.62. The molecule has 0 radical (unpaired) electrons. The fraction of sp³-hybridized carbons (Fsp3) is 0.353. The van der Waals surface area contributed by atoms with Gasteiger partial charge in [0.15, 0.2) is 6.54 Å². The van der Waals surface area contributed by atoms with Gasteiger partial charge in [-0.25, -0.2) is 14.2 Å². The van der Waals surface area contributed by atoms with Crippen molar-refractivity contribution < 1.29 is 24.1 Å². The summed E-state index contributed by atoms with van der Waals surface area (Å²) in [6, 6.07) is 7.96. The summed E-state index contributed by atoms with van der Waals surface area (Å²) < 4.78 is 1.37. The Morgan fingerprint density at radius 3 is 2.54 bits per heavy atom. The zero-order valence-electron chi connectivity index (χ0n) is 14.7. The number of carbonyl (C=O) groups excluding carboxylic acids is 2. The van der Waals surface area contributed by atoms with E-state index >= 15 is 0 Å². The number of nitrogens with one attached hydrogen (secondary N) is 1. The third-order valence-electron chi connectivity index (χ3n) is 4.48. The Balaban J connectivity index is 1.98. The zero-order chi connectivity index (χ0) is 19.0. The second-order valence-electron chi connectivity index (χ2n) is 6.23. The van der Waals surface area contributed by atoms with Gasteiger partial charge in [-0.1, -0.05) is 35.3 Å². The number of amides is 3. The third kappa shape index (κ3) is 2.92. The van der Waals surface area contributed by atoms with Crippen LogP contribution in [0.5, 0.6) is 0 Å². The molecule has 0 aliphatic carbocycles. The second kappa shape index (κ2) is 6.58. The monoisotopic (exact) mass is 358 g/mol. The largest absolute Gasteiger partial charge is 0.479 e. The second-order valence-corrected chi connectivity index (χ2v) is 6.23. The van der Waals surface area contributed by atoms with E-state index < -0.39 is 30.5 Å². The number of urea groups is 1. The van der Waals surface area contributed by atoms with Gasteiger partial charge < -0.3 is 5.11 Å². The van der Waals surface area contributed by atoms with Crippen LogP contribution in [0, 0.1) is 0 Å². The molecule has 3 rings (SSSR count). The van der Waals surface area contributed by atoms with Gasteiger partial charge in [0.05, 0.1) is 6.04 Å². The fourth-order valence-electron chi connectivity index (χ4n) is 3.04. The molecule has 2 heterocycles. The van der Waals surface area contributed by atoms with Crippen LogP contribution in [0.25, 0.3) is 0 Å². The van der Waals surface area contributed by atoms with E-state index in [2.05, 4.69) is 10.3 Å². The topological polar surface area (TPSA) is 105 Å². The number of fused-ring (bicyclic) bond motifs is 1. The number of hydrogen-bond donors (Lipinski definition) is 2. The number of amidine groups is 1. The SMILES string of the molecule is CC(NC1=[N+](CC(=O)O)C2C(=O)N(C)C(=O)N(C)C2=N1)c1ccccc1. The Morgan fingerprint density at radius 1 is 1.27 bits per heavy atom. The quantitative estimate of drug-likeness (QED) is 0.743. The van der Waals surface area contributed by atoms with Crippen molar-refractivity contribution in [3.63, 3.8) is 0 Å². The van der Waals surface area contributed by atoms with E-state index in [1.165, 1.54) is 23.6 Å². The summed E-state index contributed by atoms with van der Waals surface area (Å²) in [6.07, 6.45) is 0. The zero-order valence-corrected chi connectivity index (χ0v) is 14.7. The lowest BCUT2D eigenvalue weighted by atomic mass is 10.1. The Morgan fingerprint density at radius 2 is 1.92 bits per heavy atom. The van der Waals surface area contributed by atoms with E-state index in [1.54, 1.807) is 0 Å². The minimum Gasteiger partial charge on any atom is -0.479 e. The number of rotatable bonds is 4. The van der Waals surface area contributed by atoms with E-state index in [1.807, 2.05) is 37.3 Å². The van der Waals surface area contributed by atoms with Gasteiger partial charge in [-0.05, 0) is 12.5 Å².